The second kappa shape index (κ2) is 2.60. The highest BCUT2D eigenvalue weighted by Gasteiger charge is 2.09. The molecule has 12 heavy (non-hydrogen) atoms. The van der Waals surface area contributed by atoms with Crippen molar-refractivity contribution in [3.63, 3.8) is 0 Å². The van der Waals surface area contributed by atoms with E-state index < -0.39 is 0 Å². The SMILES string of the molecule is Cc1ncc(-c2oncc2N)s1. The number of thiazole rings is 1. The lowest BCUT2D eigenvalue weighted by molar-refractivity contribution is 0.433. The molecule has 2 rings (SSSR count). The first-order valence-electron chi connectivity index (χ1n) is 3.40. The van der Waals surface area contributed by atoms with Crippen molar-refractivity contribution < 1.29 is 4.52 Å². The molecule has 2 aromatic heterocycles. The van der Waals surface area contributed by atoms with E-state index in [1.54, 1.807) is 6.20 Å². The summed E-state index contributed by atoms with van der Waals surface area (Å²) in [7, 11) is 0. The summed E-state index contributed by atoms with van der Waals surface area (Å²) in [5, 5.41) is 4.57. The predicted molar refractivity (Wildman–Crippen MR) is 46.8 cm³/mol. The molecule has 2 aromatic rings. The molecule has 0 unspecified atom stereocenters. The summed E-state index contributed by atoms with van der Waals surface area (Å²) in [4.78, 5) is 5.01. The number of rotatable bonds is 1. The first-order chi connectivity index (χ1) is 5.77. The van der Waals surface area contributed by atoms with Crippen molar-refractivity contribution in [3.05, 3.63) is 17.4 Å². The molecule has 4 nitrogen and oxygen atoms in total. The topological polar surface area (TPSA) is 64.9 Å². The molecule has 0 amide bonds. The zero-order valence-corrected chi connectivity index (χ0v) is 7.26. The summed E-state index contributed by atoms with van der Waals surface area (Å²) in [5.74, 6) is 0.612. The molecule has 0 fully saturated rings. The quantitative estimate of drug-likeness (QED) is 0.727. The number of aromatic nitrogens is 2. The van der Waals surface area contributed by atoms with Gasteiger partial charge in [-0.05, 0) is 6.92 Å². The molecule has 2 heterocycles. The third-order valence-corrected chi connectivity index (χ3v) is 2.35. The number of nitrogens with two attached hydrogens (primary N) is 1. The fourth-order valence-electron chi connectivity index (χ4n) is 0.901. The van der Waals surface area contributed by atoms with Gasteiger partial charge in [0.05, 0.1) is 16.1 Å². The van der Waals surface area contributed by atoms with Gasteiger partial charge in [-0.25, -0.2) is 4.98 Å². The van der Waals surface area contributed by atoms with Crippen molar-refractivity contribution >= 4 is 17.0 Å². The van der Waals surface area contributed by atoms with Crippen LogP contribution in [0.2, 0.25) is 0 Å². The van der Waals surface area contributed by atoms with E-state index >= 15 is 0 Å². The van der Waals surface area contributed by atoms with Gasteiger partial charge >= 0.3 is 0 Å². The fraction of sp³-hybridized carbons (Fsp3) is 0.143. The number of nitrogens with zero attached hydrogens (tertiary/aromatic N) is 2. The summed E-state index contributed by atoms with van der Waals surface area (Å²) in [6.07, 6.45) is 3.22. The minimum absolute atomic E-state index is 0.554. The van der Waals surface area contributed by atoms with Gasteiger partial charge in [-0.15, -0.1) is 11.3 Å². The van der Waals surface area contributed by atoms with E-state index in [4.69, 9.17) is 10.3 Å². The Bertz CT molecular complexity index is 393. The van der Waals surface area contributed by atoms with Gasteiger partial charge in [0.1, 0.15) is 5.69 Å². The molecule has 0 spiro atoms. The predicted octanol–water partition coefficient (Wildman–Crippen LogP) is 1.69. The lowest BCUT2D eigenvalue weighted by Crippen LogP contribution is -1.81. The van der Waals surface area contributed by atoms with Gasteiger partial charge in [0.15, 0.2) is 0 Å². The molecule has 0 aliphatic heterocycles. The zero-order valence-electron chi connectivity index (χ0n) is 6.44. The van der Waals surface area contributed by atoms with Gasteiger partial charge in [0, 0.05) is 6.20 Å². The lowest BCUT2D eigenvalue weighted by atomic mass is 10.4. The molecule has 0 aliphatic carbocycles. The van der Waals surface area contributed by atoms with Crippen LogP contribution in [0.5, 0.6) is 0 Å². The Kier molecular flexibility index (Phi) is 1.58. The Morgan fingerprint density at radius 2 is 2.33 bits per heavy atom. The summed E-state index contributed by atoms with van der Waals surface area (Å²) >= 11 is 1.53. The van der Waals surface area contributed by atoms with E-state index in [0.717, 1.165) is 9.88 Å². The molecule has 0 bridgehead atoms. The smallest absolute Gasteiger partial charge is 0.201 e. The van der Waals surface area contributed by atoms with Crippen LogP contribution in [0.1, 0.15) is 5.01 Å². The molecular weight excluding hydrogens is 174 g/mol. The van der Waals surface area contributed by atoms with Gasteiger partial charge in [0.2, 0.25) is 5.76 Å². The van der Waals surface area contributed by atoms with Crippen LogP contribution in [-0.4, -0.2) is 10.1 Å². The van der Waals surface area contributed by atoms with Crippen molar-refractivity contribution in [2.24, 2.45) is 0 Å². The van der Waals surface area contributed by atoms with Crippen molar-refractivity contribution in [2.75, 3.05) is 5.73 Å². The van der Waals surface area contributed by atoms with E-state index in [2.05, 4.69) is 10.1 Å². The number of aryl methyl sites for hydroxylation is 1. The van der Waals surface area contributed by atoms with Gasteiger partial charge < -0.3 is 10.3 Å². The summed E-state index contributed by atoms with van der Waals surface area (Å²) < 4.78 is 4.96. The van der Waals surface area contributed by atoms with Gasteiger partial charge in [-0.2, -0.15) is 0 Å². The van der Waals surface area contributed by atoms with E-state index in [1.165, 1.54) is 17.5 Å². The van der Waals surface area contributed by atoms with Crippen LogP contribution in [0.4, 0.5) is 5.69 Å². The zero-order chi connectivity index (χ0) is 8.55. The Morgan fingerprint density at radius 1 is 1.50 bits per heavy atom. The molecule has 2 N–H and O–H groups in total. The molecule has 0 saturated heterocycles. The highest BCUT2D eigenvalue weighted by molar-refractivity contribution is 7.15. The normalized spacial score (nSPS) is 10.4. The largest absolute Gasteiger partial charge is 0.394 e. The minimum atomic E-state index is 0.554. The van der Waals surface area contributed by atoms with Gasteiger partial charge in [-0.1, -0.05) is 5.16 Å². The van der Waals surface area contributed by atoms with Crippen molar-refractivity contribution in [1.82, 2.24) is 10.1 Å². The van der Waals surface area contributed by atoms with Gasteiger partial charge in [-0.3, -0.25) is 0 Å². The number of anilines is 1. The van der Waals surface area contributed by atoms with Crippen LogP contribution in [0.15, 0.2) is 16.9 Å². The average Bonchev–Trinajstić information content (AvgIpc) is 2.58. The van der Waals surface area contributed by atoms with E-state index in [9.17, 15) is 0 Å². The van der Waals surface area contributed by atoms with Crippen molar-refractivity contribution in [3.8, 4) is 10.6 Å². The Hall–Kier alpha value is -1.36. The van der Waals surface area contributed by atoms with Crippen LogP contribution in [0.3, 0.4) is 0 Å². The average molecular weight is 181 g/mol. The monoisotopic (exact) mass is 181 g/mol. The first kappa shape index (κ1) is 7.30. The fourth-order valence-corrected chi connectivity index (χ4v) is 1.68. The number of hydrogen-bond acceptors (Lipinski definition) is 5. The summed E-state index contributed by atoms with van der Waals surface area (Å²) in [6.45, 7) is 1.93. The van der Waals surface area contributed by atoms with E-state index in [1.807, 2.05) is 6.92 Å². The maximum Gasteiger partial charge on any atom is 0.201 e. The molecule has 0 saturated carbocycles. The van der Waals surface area contributed by atoms with Crippen LogP contribution in [0.25, 0.3) is 10.6 Å². The van der Waals surface area contributed by atoms with E-state index in [0.29, 0.717) is 11.4 Å². The first-order valence-corrected chi connectivity index (χ1v) is 4.22. The second-order valence-corrected chi connectivity index (χ2v) is 3.59. The van der Waals surface area contributed by atoms with Crippen LogP contribution >= 0.6 is 11.3 Å². The van der Waals surface area contributed by atoms with Crippen LogP contribution in [0, 0.1) is 6.92 Å². The molecule has 0 aliphatic rings. The van der Waals surface area contributed by atoms with E-state index in [-0.39, 0.29) is 0 Å². The third-order valence-electron chi connectivity index (χ3n) is 1.44. The minimum Gasteiger partial charge on any atom is -0.394 e. The molecule has 0 radical (unpaired) electrons. The van der Waals surface area contributed by atoms with Gasteiger partial charge in [0.25, 0.3) is 0 Å². The highest BCUT2D eigenvalue weighted by atomic mass is 32.1. The van der Waals surface area contributed by atoms with Crippen molar-refractivity contribution in [1.29, 1.82) is 0 Å². The van der Waals surface area contributed by atoms with Crippen molar-refractivity contribution in [2.45, 2.75) is 6.92 Å². The molecule has 62 valence electrons. The van der Waals surface area contributed by atoms with Crippen LogP contribution < -0.4 is 5.73 Å². The lowest BCUT2D eigenvalue weighted by Gasteiger charge is -1.87. The third kappa shape index (κ3) is 1.08. The molecular formula is C7H7N3OS. The second-order valence-electron chi connectivity index (χ2n) is 2.35. The maximum absolute atomic E-state index is 5.60. The molecule has 0 atom stereocenters. The van der Waals surface area contributed by atoms with Crippen LogP contribution in [-0.2, 0) is 0 Å². The Balaban J connectivity index is 2.50. The molecule has 0 aromatic carbocycles. The summed E-state index contributed by atoms with van der Waals surface area (Å²) in [5.41, 5.74) is 6.16. The standard InChI is InChI=1S/C7H7N3OS/c1-4-9-3-6(12-4)7-5(8)2-10-11-7/h2-3H,8H2,1H3. The Morgan fingerprint density at radius 3 is 2.83 bits per heavy atom. The highest BCUT2D eigenvalue weighted by Crippen LogP contribution is 2.29. The number of hydrogen-bond donors (Lipinski definition) is 1. The Labute approximate surface area is 73.0 Å². The maximum atomic E-state index is 5.60. The number of nitrogen functional groups attached to an aromatic ring is 1. The molecule has 5 heteroatoms. The summed E-state index contributed by atoms with van der Waals surface area (Å²) in [6, 6.07) is 0.